The molecule has 2 bridgehead atoms. The number of nitrogens with zero attached hydrogens (tertiary/aromatic N) is 1. The summed E-state index contributed by atoms with van der Waals surface area (Å²) >= 11 is 0. The standard InChI is InChI=1S/C6H9NO3/c8-7(9)5-3-4-1-2-6(5)10-4/h4-6H,1-3H2/t4?,5-,6+/m0/s1. The van der Waals surface area contributed by atoms with E-state index in [1.165, 1.54) is 0 Å². The lowest BCUT2D eigenvalue weighted by Gasteiger charge is -2.09. The summed E-state index contributed by atoms with van der Waals surface area (Å²) in [5.41, 5.74) is 0. The van der Waals surface area contributed by atoms with Crippen molar-refractivity contribution in [2.45, 2.75) is 37.5 Å². The van der Waals surface area contributed by atoms with Gasteiger partial charge in [0.1, 0.15) is 6.10 Å². The lowest BCUT2D eigenvalue weighted by molar-refractivity contribution is -0.527. The molecular formula is C6H9NO3. The Bertz CT molecular complexity index is 170. The van der Waals surface area contributed by atoms with E-state index in [1.807, 2.05) is 0 Å². The monoisotopic (exact) mass is 143 g/mol. The summed E-state index contributed by atoms with van der Waals surface area (Å²) < 4.78 is 5.30. The van der Waals surface area contributed by atoms with Crippen molar-refractivity contribution in [2.75, 3.05) is 0 Å². The Morgan fingerprint density at radius 1 is 1.50 bits per heavy atom. The fraction of sp³-hybridized carbons (Fsp3) is 1.00. The van der Waals surface area contributed by atoms with Crippen LogP contribution in [0, 0.1) is 10.1 Å². The molecule has 4 nitrogen and oxygen atoms in total. The Kier molecular flexibility index (Phi) is 1.17. The number of hydrogen-bond acceptors (Lipinski definition) is 3. The maximum atomic E-state index is 10.3. The largest absolute Gasteiger partial charge is 0.368 e. The molecule has 2 saturated heterocycles. The van der Waals surface area contributed by atoms with Crippen molar-refractivity contribution < 1.29 is 9.66 Å². The van der Waals surface area contributed by atoms with Crippen LogP contribution in [0.3, 0.4) is 0 Å². The zero-order valence-corrected chi connectivity index (χ0v) is 5.53. The normalized spacial score (nSPS) is 44.2. The highest BCUT2D eigenvalue weighted by molar-refractivity contribution is 4.89. The van der Waals surface area contributed by atoms with Crippen LogP contribution in [0.1, 0.15) is 19.3 Å². The van der Waals surface area contributed by atoms with E-state index in [1.54, 1.807) is 0 Å². The van der Waals surface area contributed by atoms with E-state index in [-0.39, 0.29) is 17.1 Å². The summed E-state index contributed by atoms with van der Waals surface area (Å²) in [4.78, 5) is 10.1. The van der Waals surface area contributed by atoms with Gasteiger partial charge in [0.25, 0.3) is 0 Å². The second-order valence-corrected chi connectivity index (χ2v) is 2.96. The van der Waals surface area contributed by atoms with Crippen LogP contribution in [0.25, 0.3) is 0 Å². The van der Waals surface area contributed by atoms with E-state index in [0.717, 1.165) is 12.8 Å². The van der Waals surface area contributed by atoms with Gasteiger partial charge in [-0.25, -0.2) is 0 Å². The van der Waals surface area contributed by atoms with Crippen molar-refractivity contribution in [1.82, 2.24) is 0 Å². The Balaban J connectivity index is 2.08. The van der Waals surface area contributed by atoms with Crippen molar-refractivity contribution in [3.05, 3.63) is 10.1 Å². The molecular weight excluding hydrogens is 134 g/mol. The van der Waals surface area contributed by atoms with Crippen molar-refractivity contribution >= 4 is 0 Å². The van der Waals surface area contributed by atoms with Crippen LogP contribution in [-0.2, 0) is 4.74 Å². The highest BCUT2D eigenvalue weighted by Gasteiger charge is 2.47. The number of nitro groups is 1. The minimum Gasteiger partial charge on any atom is -0.368 e. The third kappa shape index (κ3) is 0.718. The fourth-order valence-electron chi connectivity index (χ4n) is 1.83. The number of ether oxygens (including phenoxy) is 1. The zero-order valence-electron chi connectivity index (χ0n) is 5.53. The van der Waals surface area contributed by atoms with Gasteiger partial charge in [-0.2, -0.15) is 0 Å². The van der Waals surface area contributed by atoms with Crippen LogP contribution in [0.5, 0.6) is 0 Å². The van der Waals surface area contributed by atoms with Crippen LogP contribution >= 0.6 is 0 Å². The summed E-state index contributed by atoms with van der Waals surface area (Å²) in [6.45, 7) is 0. The van der Waals surface area contributed by atoms with E-state index >= 15 is 0 Å². The van der Waals surface area contributed by atoms with Gasteiger partial charge in [-0.15, -0.1) is 0 Å². The Morgan fingerprint density at radius 3 is 2.60 bits per heavy atom. The van der Waals surface area contributed by atoms with Crippen molar-refractivity contribution in [1.29, 1.82) is 0 Å². The lowest BCUT2D eigenvalue weighted by atomic mass is 9.96. The first-order valence-corrected chi connectivity index (χ1v) is 3.56. The summed E-state index contributed by atoms with van der Waals surface area (Å²) in [6, 6.07) is -0.404. The molecule has 0 N–H and O–H groups in total. The van der Waals surface area contributed by atoms with E-state index in [2.05, 4.69) is 0 Å². The number of hydrogen-bond donors (Lipinski definition) is 0. The summed E-state index contributed by atoms with van der Waals surface area (Å²) in [5, 5.41) is 10.3. The Labute approximate surface area is 58.3 Å². The van der Waals surface area contributed by atoms with Crippen LogP contribution in [0.15, 0.2) is 0 Å². The van der Waals surface area contributed by atoms with Gasteiger partial charge < -0.3 is 4.74 Å². The van der Waals surface area contributed by atoms with Crippen molar-refractivity contribution in [3.8, 4) is 0 Å². The van der Waals surface area contributed by atoms with Crippen molar-refractivity contribution in [3.63, 3.8) is 0 Å². The molecule has 0 aromatic rings. The van der Waals surface area contributed by atoms with Crippen molar-refractivity contribution in [2.24, 2.45) is 0 Å². The minimum absolute atomic E-state index is 0.0694. The number of fused-ring (bicyclic) bond motifs is 2. The molecule has 2 heterocycles. The lowest BCUT2D eigenvalue weighted by Crippen LogP contribution is -2.30. The van der Waals surface area contributed by atoms with E-state index in [9.17, 15) is 10.1 Å². The third-order valence-corrected chi connectivity index (χ3v) is 2.34. The van der Waals surface area contributed by atoms with Gasteiger partial charge in [-0.3, -0.25) is 10.1 Å². The SMILES string of the molecule is O=[N+]([O-])[C@H]1CC2CC[C@H]1O2. The first kappa shape index (κ1) is 6.09. The quantitative estimate of drug-likeness (QED) is 0.398. The van der Waals surface area contributed by atoms with E-state index < -0.39 is 6.04 Å². The molecule has 0 amide bonds. The predicted octanol–water partition coefficient (Wildman–Crippen LogP) is 0.583. The third-order valence-electron chi connectivity index (χ3n) is 2.34. The highest BCUT2D eigenvalue weighted by Crippen LogP contribution is 2.35. The van der Waals surface area contributed by atoms with Crippen LogP contribution in [-0.4, -0.2) is 23.2 Å². The first-order valence-electron chi connectivity index (χ1n) is 3.56. The maximum Gasteiger partial charge on any atom is 0.241 e. The average molecular weight is 143 g/mol. The van der Waals surface area contributed by atoms with Gasteiger partial charge in [0.2, 0.25) is 6.04 Å². The molecule has 2 fully saturated rings. The molecule has 1 unspecified atom stereocenters. The molecule has 56 valence electrons. The highest BCUT2D eigenvalue weighted by atomic mass is 16.6. The molecule has 2 aliphatic heterocycles. The molecule has 2 rings (SSSR count). The fourth-order valence-corrected chi connectivity index (χ4v) is 1.83. The molecule has 0 saturated carbocycles. The smallest absolute Gasteiger partial charge is 0.241 e. The van der Waals surface area contributed by atoms with Crippen LogP contribution < -0.4 is 0 Å². The van der Waals surface area contributed by atoms with Gasteiger partial charge >= 0.3 is 0 Å². The van der Waals surface area contributed by atoms with Crippen LogP contribution in [0.4, 0.5) is 0 Å². The van der Waals surface area contributed by atoms with Gasteiger partial charge in [0.15, 0.2) is 0 Å². The zero-order chi connectivity index (χ0) is 7.14. The molecule has 0 aromatic heterocycles. The molecule has 0 aliphatic carbocycles. The molecule has 0 radical (unpaired) electrons. The Morgan fingerprint density at radius 2 is 2.30 bits per heavy atom. The first-order chi connectivity index (χ1) is 4.77. The molecule has 3 atom stereocenters. The van der Waals surface area contributed by atoms with Gasteiger partial charge in [-0.05, 0) is 12.8 Å². The number of rotatable bonds is 1. The van der Waals surface area contributed by atoms with E-state index in [4.69, 9.17) is 4.74 Å². The van der Waals surface area contributed by atoms with E-state index in [0.29, 0.717) is 6.42 Å². The van der Waals surface area contributed by atoms with Crippen LogP contribution in [0.2, 0.25) is 0 Å². The predicted molar refractivity (Wildman–Crippen MR) is 33.3 cm³/mol. The molecule has 0 aromatic carbocycles. The summed E-state index contributed by atoms with van der Waals surface area (Å²) in [5.74, 6) is 0. The second kappa shape index (κ2) is 1.92. The summed E-state index contributed by atoms with van der Waals surface area (Å²) in [6.07, 6.45) is 2.67. The van der Waals surface area contributed by atoms with Gasteiger partial charge in [-0.1, -0.05) is 0 Å². The average Bonchev–Trinajstić information content (AvgIpc) is 2.44. The Hall–Kier alpha value is -0.640. The second-order valence-electron chi connectivity index (χ2n) is 2.96. The van der Waals surface area contributed by atoms with Gasteiger partial charge in [0.05, 0.1) is 6.10 Å². The molecule has 4 heteroatoms. The molecule has 2 aliphatic rings. The topological polar surface area (TPSA) is 52.4 Å². The molecule has 0 spiro atoms. The van der Waals surface area contributed by atoms with Gasteiger partial charge in [0, 0.05) is 11.3 Å². The minimum atomic E-state index is -0.404. The summed E-state index contributed by atoms with van der Waals surface area (Å²) in [7, 11) is 0. The molecule has 10 heavy (non-hydrogen) atoms. The maximum absolute atomic E-state index is 10.3.